The molecule has 1 fully saturated rings. The number of carbonyl (C=O) groups is 1. The SMILES string of the molecule is O=CC(=CN1CCC(c2nccnc2Oc2ccc(C(F)(F)F)nc2)CC1)C(F)(F)F. The minimum absolute atomic E-state index is 0.0379. The number of allylic oxidation sites excluding steroid dienone is 1. The molecule has 6 nitrogen and oxygen atoms in total. The Morgan fingerprint density at radius 2 is 1.71 bits per heavy atom. The normalized spacial score (nSPS) is 16.3. The van der Waals surface area contributed by atoms with Gasteiger partial charge in [-0.2, -0.15) is 26.3 Å². The van der Waals surface area contributed by atoms with E-state index >= 15 is 0 Å². The molecule has 0 atom stereocenters. The Labute approximate surface area is 172 Å². The molecule has 0 aromatic carbocycles. The molecule has 0 spiro atoms. The summed E-state index contributed by atoms with van der Waals surface area (Å²) in [7, 11) is 0. The van der Waals surface area contributed by atoms with Crippen molar-refractivity contribution >= 4 is 6.29 Å². The van der Waals surface area contributed by atoms with Crippen molar-refractivity contribution in [2.45, 2.75) is 31.1 Å². The predicted octanol–water partition coefficient (Wildman–Crippen LogP) is 4.51. The lowest BCUT2D eigenvalue weighted by molar-refractivity contribution is -0.141. The molecule has 12 heteroatoms. The number of pyridine rings is 1. The maximum absolute atomic E-state index is 12.7. The van der Waals surface area contributed by atoms with Gasteiger partial charge in [-0.15, -0.1) is 0 Å². The van der Waals surface area contributed by atoms with Gasteiger partial charge in [0.05, 0.1) is 6.20 Å². The number of rotatable bonds is 5. The van der Waals surface area contributed by atoms with Crippen LogP contribution < -0.4 is 4.74 Å². The van der Waals surface area contributed by atoms with Gasteiger partial charge in [0.1, 0.15) is 22.7 Å². The van der Waals surface area contributed by atoms with Gasteiger partial charge in [0.2, 0.25) is 5.88 Å². The second-order valence-electron chi connectivity index (χ2n) is 6.74. The number of hydrogen-bond acceptors (Lipinski definition) is 6. The Hall–Kier alpha value is -3.18. The molecule has 0 unspecified atom stereocenters. The number of piperidine rings is 1. The van der Waals surface area contributed by atoms with Crippen molar-refractivity contribution in [3.8, 4) is 11.6 Å². The molecular weight excluding hydrogens is 430 g/mol. The maximum Gasteiger partial charge on any atom is 0.433 e. The van der Waals surface area contributed by atoms with E-state index in [2.05, 4.69) is 15.0 Å². The maximum atomic E-state index is 12.7. The fourth-order valence-corrected chi connectivity index (χ4v) is 3.08. The van der Waals surface area contributed by atoms with Crippen molar-refractivity contribution in [1.82, 2.24) is 19.9 Å². The predicted molar refractivity (Wildman–Crippen MR) is 95.1 cm³/mol. The molecule has 3 heterocycles. The molecule has 0 N–H and O–H groups in total. The van der Waals surface area contributed by atoms with Gasteiger partial charge in [0, 0.05) is 37.6 Å². The summed E-state index contributed by atoms with van der Waals surface area (Å²) in [6.07, 6.45) is -4.19. The molecule has 166 valence electrons. The molecule has 2 aromatic heterocycles. The van der Waals surface area contributed by atoms with Crippen LogP contribution in [0.2, 0.25) is 0 Å². The summed E-state index contributed by atoms with van der Waals surface area (Å²) in [5, 5.41) is 0. The van der Waals surface area contributed by atoms with E-state index in [0.717, 1.165) is 24.5 Å². The molecule has 1 saturated heterocycles. The number of halogens is 6. The van der Waals surface area contributed by atoms with Crippen LogP contribution in [0.15, 0.2) is 42.5 Å². The Balaban J connectivity index is 1.70. The van der Waals surface area contributed by atoms with Crippen molar-refractivity contribution in [2.75, 3.05) is 13.1 Å². The van der Waals surface area contributed by atoms with E-state index in [4.69, 9.17) is 4.74 Å². The third-order valence-corrected chi connectivity index (χ3v) is 4.62. The lowest BCUT2D eigenvalue weighted by atomic mass is 9.93. The fraction of sp³-hybridized carbons (Fsp3) is 0.368. The largest absolute Gasteiger partial charge is 0.436 e. The van der Waals surface area contributed by atoms with Crippen LogP contribution in [0.1, 0.15) is 30.1 Å². The molecule has 3 rings (SSSR count). The van der Waals surface area contributed by atoms with E-state index in [-0.39, 0.29) is 36.9 Å². The Bertz CT molecular complexity index is 936. The van der Waals surface area contributed by atoms with E-state index < -0.39 is 23.6 Å². The van der Waals surface area contributed by atoms with E-state index in [9.17, 15) is 31.1 Å². The van der Waals surface area contributed by atoms with Gasteiger partial charge >= 0.3 is 12.4 Å². The van der Waals surface area contributed by atoms with Crippen LogP contribution >= 0.6 is 0 Å². The van der Waals surface area contributed by atoms with Gasteiger partial charge in [-0.1, -0.05) is 0 Å². The highest BCUT2D eigenvalue weighted by Crippen LogP contribution is 2.35. The zero-order chi connectivity index (χ0) is 22.6. The van der Waals surface area contributed by atoms with Crippen molar-refractivity contribution < 1.29 is 35.9 Å². The average Bonchev–Trinajstić information content (AvgIpc) is 2.72. The third kappa shape index (κ3) is 5.70. The van der Waals surface area contributed by atoms with Crippen molar-refractivity contribution in [2.24, 2.45) is 0 Å². The third-order valence-electron chi connectivity index (χ3n) is 4.62. The van der Waals surface area contributed by atoms with E-state index in [1.54, 1.807) is 0 Å². The minimum Gasteiger partial charge on any atom is -0.436 e. The summed E-state index contributed by atoms with van der Waals surface area (Å²) in [4.78, 5) is 23.7. The lowest BCUT2D eigenvalue weighted by Gasteiger charge is -2.31. The molecular formula is C19H16F6N4O2. The highest BCUT2D eigenvalue weighted by molar-refractivity contribution is 5.74. The summed E-state index contributed by atoms with van der Waals surface area (Å²) in [6, 6.07) is 1.89. The molecule has 2 aromatic rings. The zero-order valence-corrected chi connectivity index (χ0v) is 15.8. The number of hydrogen-bond donors (Lipinski definition) is 0. The molecule has 0 amide bonds. The summed E-state index contributed by atoms with van der Waals surface area (Å²) in [5.41, 5.74) is -1.88. The number of aldehydes is 1. The van der Waals surface area contributed by atoms with Gasteiger partial charge in [-0.05, 0) is 25.0 Å². The molecule has 0 radical (unpaired) electrons. The molecule has 0 saturated carbocycles. The first-order chi connectivity index (χ1) is 14.6. The summed E-state index contributed by atoms with van der Waals surface area (Å²) in [6.45, 7) is 0.492. The first kappa shape index (κ1) is 22.5. The topological polar surface area (TPSA) is 68.2 Å². The smallest absolute Gasteiger partial charge is 0.433 e. The molecule has 31 heavy (non-hydrogen) atoms. The second kappa shape index (κ2) is 8.90. The minimum atomic E-state index is -4.72. The van der Waals surface area contributed by atoms with Crippen LogP contribution in [0.4, 0.5) is 26.3 Å². The average molecular weight is 446 g/mol. The van der Waals surface area contributed by atoms with Crippen molar-refractivity contribution in [3.05, 3.63) is 53.9 Å². The molecule has 0 bridgehead atoms. The van der Waals surface area contributed by atoms with Gasteiger partial charge in [0.15, 0.2) is 6.29 Å². The van der Waals surface area contributed by atoms with Crippen molar-refractivity contribution in [1.29, 1.82) is 0 Å². The number of carbonyl (C=O) groups excluding carboxylic acids is 1. The number of alkyl halides is 6. The standard InChI is InChI=1S/C19H16F6N4O2/c20-18(21,22)13(11-30)10-29-7-3-12(4-8-29)16-17(27-6-5-26-16)31-14-1-2-15(28-9-14)19(23,24)25/h1-2,5-6,9-12H,3-4,7-8H2. The summed E-state index contributed by atoms with van der Waals surface area (Å²) >= 11 is 0. The highest BCUT2D eigenvalue weighted by atomic mass is 19.4. The second-order valence-corrected chi connectivity index (χ2v) is 6.74. The highest BCUT2D eigenvalue weighted by Gasteiger charge is 2.35. The number of ether oxygens (including phenoxy) is 1. The Morgan fingerprint density at radius 1 is 1.03 bits per heavy atom. The van der Waals surface area contributed by atoms with Crippen LogP contribution in [0.3, 0.4) is 0 Å². The zero-order valence-electron chi connectivity index (χ0n) is 15.8. The van der Waals surface area contributed by atoms with Gasteiger partial charge in [0.25, 0.3) is 0 Å². The van der Waals surface area contributed by atoms with Gasteiger partial charge in [-0.25, -0.2) is 9.97 Å². The van der Waals surface area contributed by atoms with Gasteiger partial charge < -0.3 is 9.64 Å². The van der Waals surface area contributed by atoms with Crippen LogP contribution in [-0.4, -0.2) is 45.4 Å². The molecule has 0 aliphatic carbocycles. The van der Waals surface area contributed by atoms with Crippen LogP contribution in [0.5, 0.6) is 11.6 Å². The van der Waals surface area contributed by atoms with Crippen LogP contribution in [0, 0.1) is 0 Å². The van der Waals surface area contributed by atoms with Crippen LogP contribution in [-0.2, 0) is 11.0 Å². The lowest BCUT2D eigenvalue weighted by Crippen LogP contribution is -2.31. The molecule has 1 aliphatic heterocycles. The van der Waals surface area contributed by atoms with Gasteiger partial charge in [-0.3, -0.25) is 9.78 Å². The van der Waals surface area contributed by atoms with Crippen molar-refractivity contribution in [3.63, 3.8) is 0 Å². The van der Waals surface area contributed by atoms with E-state index in [0.29, 0.717) is 18.5 Å². The number of likely N-dealkylation sites (tertiary alicyclic amines) is 1. The Morgan fingerprint density at radius 3 is 2.26 bits per heavy atom. The van der Waals surface area contributed by atoms with E-state index in [1.807, 2.05) is 0 Å². The fourth-order valence-electron chi connectivity index (χ4n) is 3.08. The van der Waals surface area contributed by atoms with Crippen LogP contribution in [0.25, 0.3) is 0 Å². The first-order valence-electron chi connectivity index (χ1n) is 9.08. The van der Waals surface area contributed by atoms with E-state index in [1.165, 1.54) is 17.3 Å². The molecule has 1 aliphatic rings. The Kier molecular flexibility index (Phi) is 6.46. The number of aromatic nitrogens is 3. The quantitative estimate of drug-likeness (QED) is 0.383. The summed E-state index contributed by atoms with van der Waals surface area (Å²) in [5.74, 6) is -0.0702. The first-order valence-corrected chi connectivity index (χ1v) is 9.08. The number of nitrogens with zero attached hydrogens (tertiary/aromatic N) is 4. The monoisotopic (exact) mass is 446 g/mol. The summed E-state index contributed by atoms with van der Waals surface area (Å²) < 4.78 is 81.7.